The lowest BCUT2D eigenvalue weighted by molar-refractivity contribution is -0.684. The maximum atomic E-state index is 12.8. The zero-order valence-electron chi connectivity index (χ0n) is 16.0. The molecule has 1 saturated heterocycles. The Hall–Kier alpha value is -2.97. The number of aromatic nitrogens is 2. The molecule has 0 unspecified atom stereocenters. The molecule has 0 aliphatic carbocycles. The van der Waals surface area contributed by atoms with Gasteiger partial charge in [-0.05, 0) is 0 Å². The number of amides is 2. The van der Waals surface area contributed by atoms with Crippen molar-refractivity contribution in [2.45, 2.75) is 18.0 Å². The number of nitrogens with zero attached hydrogens (tertiary/aromatic N) is 4. The van der Waals surface area contributed by atoms with Gasteiger partial charge in [0.05, 0.1) is 17.0 Å². The molecule has 0 spiro atoms. The van der Waals surface area contributed by atoms with Crippen molar-refractivity contribution in [3.8, 4) is 0 Å². The first kappa shape index (κ1) is 21.3. The van der Waals surface area contributed by atoms with E-state index in [1.54, 1.807) is 5.38 Å². The lowest BCUT2D eigenvalue weighted by Crippen LogP contribution is -2.71. The molecule has 14 heteroatoms. The Morgan fingerprint density at radius 2 is 2.32 bits per heavy atom. The van der Waals surface area contributed by atoms with E-state index in [1.807, 2.05) is 21.7 Å². The van der Waals surface area contributed by atoms with Gasteiger partial charge in [-0.15, -0.1) is 23.1 Å². The highest BCUT2D eigenvalue weighted by Crippen LogP contribution is 2.40. The van der Waals surface area contributed by atoms with Gasteiger partial charge in [0.15, 0.2) is 23.6 Å². The zero-order valence-corrected chi connectivity index (χ0v) is 18.5. The second-order valence-electron chi connectivity index (χ2n) is 6.49. The number of hydrogen-bond acceptors (Lipinski definition) is 11. The van der Waals surface area contributed by atoms with E-state index >= 15 is 0 Å². The number of carboxylic acid groups (broad SMARTS) is 1. The Morgan fingerprint density at radius 3 is 2.94 bits per heavy atom. The minimum absolute atomic E-state index is 0.132. The fraction of sp³-hybridized carbons (Fsp3) is 0.294. The second kappa shape index (κ2) is 8.64. The molecule has 1 fully saturated rings. The van der Waals surface area contributed by atoms with Gasteiger partial charge in [-0.3, -0.25) is 14.5 Å². The molecule has 2 aliphatic heterocycles. The minimum atomic E-state index is -1.42. The average Bonchev–Trinajstić information content (AvgIpc) is 3.41. The largest absolute Gasteiger partial charge is 0.543 e. The van der Waals surface area contributed by atoms with Crippen LogP contribution in [0.15, 0.2) is 38.9 Å². The van der Waals surface area contributed by atoms with Crippen LogP contribution in [0, 0.1) is 0 Å². The Balaban J connectivity index is 1.53. The minimum Gasteiger partial charge on any atom is -0.543 e. The van der Waals surface area contributed by atoms with Crippen LogP contribution in [0.1, 0.15) is 5.69 Å². The smallest absolute Gasteiger partial charge is 0.276 e. The Kier molecular flexibility index (Phi) is 5.93. The summed E-state index contributed by atoms with van der Waals surface area (Å²) in [6.45, 7) is 0.337. The van der Waals surface area contributed by atoms with Crippen LogP contribution in [-0.4, -0.2) is 57.7 Å². The van der Waals surface area contributed by atoms with Crippen LogP contribution < -0.4 is 20.7 Å². The molecular weight excluding hydrogens is 464 g/mol. The molecule has 2 amide bonds. The van der Waals surface area contributed by atoms with E-state index < -0.39 is 29.2 Å². The molecule has 2 aliphatic rings. The summed E-state index contributed by atoms with van der Waals surface area (Å²) in [5.41, 5.74) is 7.97. The number of hydrogen-bond donors (Lipinski definition) is 2. The molecule has 2 aromatic rings. The fourth-order valence-electron chi connectivity index (χ4n) is 3.27. The first-order chi connectivity index (χ1) is 14.9. The number of carbonyl (C=O) groups is 3. The van der Waals surface area contributed by atoms with E-state index in [1.165, 1.54) is 35.1 Å². The number of nitrogens with two attached hydrogens (primary N) is 1. The Bertz CT molecular complexity index is 1100. The van der Waals surface area contributed by atoms with Crippen LogP contribution in [0.3, 0.4) is 0 Å². The highest BCUT2D eigenvalue weighted by molar-refractivity contribution is 8.00. The fourth-order valence-corrected chi connectivity index (χ4v) is 5.75. The summed E-state index contributed by atoms with van der Waals surface area (Å²) in [5.74, 6) is -2.25. The molecule has 0 aromatic carbocycles. The lowest BCUT2D eigenvalue weighted by Gasteiger charge is -2.50. The average molecular weight is 481 g/mol. The number of nitrogens with one attached hydrogen (secondary N) is 1. The number of rotatable bonds is 7. The monoisotopic (exact) mass is 480 g/mol. The maximum absolute atomic E-state index is 12.8. The number of fused-ring (bicyclic) bond motifs is 1. The van der Waals surface area contributed by atoms with Gasteiger partial charge in [0.1, 0.15) is 24.2 Å². The Morgan fingerprint density at radius 1 is 1.52 bits per heavy atom. The molecule has 11 nitrogen and oxygen atoms in total. The number of thioether (sulfide) groups is 1. The number of β-lactam (4-membered cyclic amide) rings is 1. The van der Waals surface area contributed by atoms with Crippen molar-refractivity contribution in [3.63, 3.8) is 0 Å². The van der Waals surface area contributed by atoms with Gasteiger partial charge in [-0.1, -0.05) is 16.5 Å². The zero-order chi connectivity index (χ0) is 22.1. The summed E-state index contributed by atoms with van der Waals surface area (Å²) >= 11 is 3.98. The van der Waals surface area contributed by atoms with Crippen molar-refractivity contribution in [1.82, 2.24) is 15.2 Å². The summed E-state index contributed by atoms with van der Waals surface area (Å²) < 4.78 is 1.83. The number of anilines is 1. The highest BCUT2D eigenvalue weighted by Gasteiger charge is 2.53. The van der Waals surface area contributed by atoms with Gasteiger partial charge in [0.25, 0.3) is 11.8 Å². The van der Waals surface area contributed by atoms with Crippen LogP contribution in [0.25, 0.3) is 0 Å². The standard InChI is InChI=1S/C17H16N6O5S3/c1-28-21-10(9-6-31-17(18)19-9)13(24)20-11-14(25)23-12(16(26)27)8(5-30-15(11)23)4-22-2-3-29-7-22/h2-3,6-7,11,15H,4-5H2,1H3,(H3-,18,19,20,24,26,27)/t11-,15+/m1/s1. The third-order valence-corrected chi connectivity index (χ3v) is 7.27. The summed E-state index contributed by atoms with van der Waals surface area (Å²) in [4.78, 5) is 47.2. The number of carbonyl (C=O) groups excluding carboxylic acids is 3. The van der Waals surface area contributed by atoms with Crippen molar-refractivity contribution in [2.24, 2.45) is 5.16 Å². The number of carboxylic acids is 1. The maximum Gasteiger partial charge on any atom is 0.276 e. The van der Waals surface area contributed by atoms with Crippen LogP contribution in [0.5, 0.6) is 0 Å². The van der Waals surface area contributed by atoms with E-state index in [0.29, 0.717) is 17.9 Å². The Labute approximate surface area is 188 Å². The van der Waals surface area contributed by atoms with E-state index in [4.69, 9.17) is 10.6 Å². The highest BCUT2D eigenvalue weighted by atomic mass is 32.2. The summed E-state index contributed by atoms with van der Waals surface area (Å²) in [6, 6.07) is -0.916. The van der Waals surface area contributed by atoms with Gasteiger partial charge < -0.3 is 25.8 Å². The summed E-state index contributed by atoms with van der Waals surface area (Å²) in [6.07, 6.45) is 1.82. The summed E-state index contributed by atoms with van der Waals surface area (Å²) in [5, 5.41) is 21.2. The molecule has 4 heterocycles. The molecule has 0 radical (unpaired) electrons. The van der Waals surface area contributed by atoms with Crippen LogP contribution >= 0.6 is 34.4 Å². The van der Waals surface area contributed by atoms with Gasteiger partial charge in [-0.2, -0.15) is 4.57 Å². The van der Waals surface area contributed by atoms with E-state index in [-0.39, 0.29) is 22.2 Å². The van der Waals surface area contributed by atoms with E-state index in [0.717, 1.165) is 11.3 Å². The molecule has 0 saturated carbocycles. The molecule has 162 valence electrons. The molecule has 0 bridgehead atoms. The molecule has 4 rings (SSSR count). The van der Waals surface area contributed by atoms with Gasteiger partial charge in [0.2, 0.25) is 5.51 Å². The third-order valence-electron chi connectivity index (χ3n) is 4.59. The van der Waals surface area contributed by atoms with Crippen molar-refractivity contribution < 1.29 is 28.9 Å². The molecule has 3 N–H and O–H groups in total. The second-order valence-corrected chi connectivity index (χ2v) is 9.24. The van der Waals surface area contributed by atoms with Gasteiger partial charge in [-0.25, -0.2) is 4.98 Å². The van der Waals surface area contributed by atoms with Crippen LogP contribution in [0.2, 0.25) is 0 Å². The molecular formula is C17H16N6O5S3. The number of nitrogen functional groups attached to an aromatic ring is 1. The van der Waals surface area contributed by atoms with Gasteiger partial charge in [0, 0.05) is 16.7 Å². The quantitative estimate of drug-likeness (QED) is 0.211. The van der Waals surface area contributed by atoms with Crippen LogP contribution in [0.4, 0.5) is 5.13 Å². The number of oxime groups is 1. The predicted octanol–water partition coefficient (Wildman–Crippen LogP) is -1.47. The first-order valence-corrected chi connectivity index (χ1v) is 11.7. The topological polar surface area (TPSA) is 154 Å². The predicted molar refractivity (Wildman–Crippen MR) is 112 cm³/mol. The van der Waals surface area contributed by atoms with Crippen molar-refractivity contribution in [3.05, 3.63) is 39.4 Å². The van der Waals surface area contributed by atoms with Crippen LogP contribution in [-0.2, 0) is 25.8 Å². The van der Waals surface area contributed by atoms with Crippen molar-refractivity contribution >= 4 is 63.1 Å². The first-order valence-electron chi connectivity index (χ1n) is 8.83. The number of aliphatic carboxylic acids is 1. The summed E-state index contributed by atoms with van der Waals surface area (Å²) in [7, 11) is 1.28. The third kappa shape index (κ3) is 4.00. The normalized spacial score (nSPS) is 20.9. The van der Waals surface area contributed by atoms with E-state index in [2.05, 4.69) is 15.5 Å². The molecule has 31 heavy (non-hydrogen) atoms. The number of thiazole rings is 2. The van der Waals surface area contributed by atoms with Gasteiger partial charge >= 0.3 is 0 Å². The van der Waals surface area contributed by atoms with Crippen molar-refractivity contribution in [2.75, 3.05) is 18.6 Å². The lowest BCUT2D eigenvalue weighted by atomic mass is 10.0. The van der Waals surface area contributed by atoms with E-state index in [9.17, 15) is 19.5 Å². The molecule has 2 atom stereocenters. The SMILES string of the molecule is CON=C(C(=O)N[C@@H]1C(=O)N2C(C(=O)[O-])=C(C[n+]3ccsc3)CS[C@@H]12)c1csc(N)n1. The van der Waals surface area contributed by atoms with Crippen molar-refractivity contribution in [1.29, 1.82) is 0 Å². The molecule has 2 aromatic heterocycles.